The minimum Gasteiger partial charge on any atom is -0.508 e. The first-order valence-electron chi connectivity index (χ1n) is 35.0. The molecular weight excluding hydrogens is 1500 g/mol. The van der Waals surface area contributed by atoms with Crippen molar-refractivity contribution in [3.63, 3.8) is 0 Å². The number of ketones is 2. The number of fused-ring (bicyclic) bond motifs is 15. The summed E-state index contributed by atoms with van der Waals surface area (Å²) in [5, 5.41) is 109. The van der Waals surface area contributed by atoms with Crippen molar-refractivity contribution in [2.75, 3.05) is 13.7 Å². The molecule has 8 aliphatic rings. The number of carboxylic acid groups (broad SMARTS) is 1. The number of aliphatic hydroxyl groups is 4. The normalized spacial score (nSPS) is 30.7. The Balaban J connectivity index is 1.19. The van der Waals surface area contributed by atoms with Gasteiger partial charge in [0.05, 0.1) is 40.2 Å². The second-order valence-corrected chi connectivity index (χ2v) is 29.6. The molecule has 5 aromatic rings. The van der Waals surface area contributed by atoms with Gasteiger partial charge < -0.3 is 133 Å². The smallest absolute Gasteiger partial charge is 0.330 e. The lowest BCUT2D eigenvalue weighted by Gasteiger charge is -2.45. The Morgan fingerprint density at radius 3 is 1.79 bits per heavy atom. The van der Waals surface area contributed by atoms with E-state index in [1.807, 2.05) is 13.8 Å². The van der Waals surface area contributed by atoms with Gasteiger partial charge in [-0.3, -0.25) is 43.2 Å². The lowest BCUT2D eigenvalue weighted by atomic mass is 9.88. The quantitative estimate of drug-likeness (QED) is 0.0688. The molecule has 596 valence electrons. The summed E-state index contributed by atoms with van der Waals surface area (Å²) in [5.41, 5.74) is 12.6. The molecular formula is C73H84Cl2N10O26. The number of primary amides is 1. The maximum atomic E-state index is 16.4. The Morgan fingerprint density at radius 1 is 0.658 bits per heavy atom. The van der Waals surface area contributed by atoms with Crippen molar-refractivity contribution < 1.29 is 127 Å². The molecule has 3 fully saturated rings. The molecule has 38 heteroatoms. The summed E-state index contributed by atoms with van der Waals surface area (Å²) in [6, 6.07) is -0.733. The molecule has 0 aromatic heterocycles. The average Bonchev–Trinajstić information content (AvgIpc) is 0.763. The second-order valence-electron chi connectivity index (χ2n) is 28.8. The fourth-order valence-corrected chi connectivity index (χ4v) is 14.5. The van der Waals surface area contributed by atoms with Crippen molar-refractivity contribution in [2.45, 2.75) is 188 Å². The van der Waals surface area contributed by atoms with Crippen LogP contribution in [-0.2, 0) is 71.6 Å². The number of Topliss-reactive ketones (excluding diaryl/α,β-unsaturated/α-hetero) is 2. The number of halogens is 2. The number of likely N-dealkylation sites (N-methyl/N-ethyl adjacent to an activating group) is 1. The first-order chi connectivity index (χ1) is 52.3. The number of carbonyl (C=O) groups is 10. The van der Waals surface area contributed by atoms with Crippen LogP contribution in [0.1, 0.15) is 125 Å². The zero-order valence-corrected chi connectivity index (χ0v) is 61.9. The molecule has 11 bridgehead atoms. The zero-order chi connectivity index (χ0) is 80.9. The predicted octanol–water partition coefficient (Wildman–Crippen LogP) is 0.760. The summed E-state index contributed by atoms with van der Waals surface area (Å²) < 4.78 is 51.3. The zero-order valence-electron chi connectivity index (χ0n) is 60.4. The Hall–Kier alpha value is -9.90. The van der Waals surface area contributed by atoms with E-state index in [4.69, 9.17) is 78.3 Å². The highest BCUT2D eigenvalue weighted by molar-refractivity contribution is 6.32. The standard InChI is InChI=1S/C73H84Cl2N10O26/c1-26(2)14-38(79-7)64(96)84-54-56(91)30-9-12-42(36(74)16-30)106-44-18-32-19-45(60(44)111-71-61(58(93)57(92)46(25-86)108-71)110-49-24-73(6,78)63(95)28(4)105-49)107-43-13-10-31(17-37(43)75)59(109-48-23-72(5,77)62(94)27(3)104-48)55-69(101)83-53(70(102)103)35-20-33(87)21-41(89)50(35)34-15-29(8-11-40(34)88)51(66(98)85-55)82-67(99)52(32)81-65(97)39(22-47(76)90)80-68(54)100/h8-13,15-21,26-28,38-39,46,48-49,51-59,61,71,79,86-89,91-93H,14,22-25,77-78H2,1-7H3,(H2,76,90)(H,80,100)(H,81,97)(H,82,99)(H,83,101)(H,84,96)(H,85,98)(H,102,103)/t27-,28-,38+,39-,46+,48-,49-,51+,52+,53-,54+,55-,56+,57+,58-,59+,61+,71-,72-,73-/m0/s1. The van der Waals surface area contributed by atoms with Crippen molar-refractivity contribution in [1.82, 2.24) is 37.2 Å². The van der Waals surface area contributed by atoms with Gasteiger partial charge in [0.2, 0.25) is 53.4 Å². The van der Waals surface area contributed by atoms with Gasteiger partial charge in [-0.25, -0.2) is 4.79 Å². The number of phenolic OH excluding ortho intramolecular Hbond substituents is 3. The van der Waals surface area contributed by atoms with Crippen LogP contribution in [0.4, 0.5) is 0 Å². The van der Waals surface area contributed by atoms with Crippen molar-refractivity contribution in [3.05, 3.63) is 117 Å². The Kier molecular flexibility index (Phi) is 24.3. The van der Waals surface area contributed by atoms with Gasteiger partial charge in [0, 0.05) is 35.6 Å². The fraction of sp³-hybridized carbons (Fsp3) is 0.452. The summed E-state index contributed by atoms with van der Waals surface area (Å²) in [4.78, 5) is 146. The molecule has 8 aliphatic heterocycles. The molecule has 20 atom stereocenters. The van der Waals surface area contributed by atoms with Crippen LogP contribution < -0.4 is 68.6 Å². The van der Waals surface area contributed by atoms with Crippen molar-refractivity contribution in [3.8, 4) is 57.1 Å². The lowest BCUT2D eigenvalue weighted by molar-refractivity contribution is -0.323. The van der Waals surface area contributed by atoms with Crippen molar-refractivity contribution in [1.29, 1.82) is 0 Å². The Bertz CT molecular complexity index is 4530. The molecule has 0 spiro atoms. The third-order valence-corrected chi connectivity index (χ3v) is 20.3. The number of amides is 7. The van der Waals surface area contributed by atoms with E-state index in [2.05, 4.69) is 37.2 Å². The first kappa shape index (κ1) is 82.1. The maximum absolute atomic E-state index is 16.4. The third-order valence-electron chi connectivity index (χ3n) is 19.7. The summed E-state index contributed by atoms with van der Waals surface area (Å²) in [7, 11) is 1.47. The van der Waals surface area contributed by atoms with Crippen LogP contribution in [0.2, 0.25) is 10.0 Å². The Morgan fingerprint density at radius 2 is 1.23 bits per heavy atom. The van der Waals surface area contributed by atoms with Gasteiger partial charge in [0.15, 0.2) is 47.8 Å². The first-order valence-corrected chi connectivity index (χ1v) is 35.8. The van der Waals surface area contributed by atoms with Gasteiger partial charge in [0.1, 0.15) is 102 Å². The van der Waals surface area contributed by atoms with E-state index in [-0.39, 0.29) is 46.2 Å². The van der Waals surface area contributed by atoms with Crippen molar-refractivity contribution >= 4 is 82.1 Å². The topological polar surface area (TPSA) is 569 Å². The van der Waals surface area contributed by atoms with Gasteiger partial charge in [-0.1, -0.05) is 55.2 Å². The number of carboxylic acids is 1. The van der Waals surface area contributed by atoms with Crippen LogP contribution in [0.25, 0.3) is 11.1 Å². The second kappa shape index (κ2) is 32.8. The van der Waals surface area contributed by atoms with Crippen molar-refractivity contribution in [2.24, 2.45) is 23.1 Å². The monoisotopic (exact) mass is 1590 g/mol. The van der Waals surface area contributed by atoms with Crippen LogP contribution >= 0.6 is 23.2 Å². The van der Waals surface area contributed by atoms with Crippen LogP contribution in [0.5, 0.6) is 46.0 Å². The number of aliphatic hydroxyl groups excluding tert-OH is 4. The van der Waals surface area contributed by atoms with E-state index in [0.717, 1.165) is 60.7 Å². The van der Waals surface area contributed by atoms with E-state index in [1.54, 1.807) is 0 Å². The number of nitrogens with two attached hydrogens (primary N) is 3. The Labute approximate surface area is 642 Å². The highest BCUT2D eigenvalue weighted by Crippen LogP contribution is 2.50. The van der Waals surface area contributed by atoms with E-state index >= 15 is 19.2 Å². The van der Waals surface area contributed by atoms with Gasteiger partial charge in [-0.2, -0.15) is 0 Å². The molecule has 5 aromatic carbocycles. The minimum absolute atomic E-state index is 0.115. The lowest BCUT2D eigenvalue weighted by Crippen LogP contribution is -2.63. The van der Waals surface area contributed by atoms with Crippen LogP contribution in [0, 0.1) is 5.92 Å². The third kappa shape index (κ3) is 17.4. The molecule has 8 heterocycles. The van der Waals surface area contributed by atoms with Gasteiger partial charge in [0.25, 0.3) is 0 Å². The summed E-state index contributed by atoms with van der Waals surface area (Å²) in [5.74, 6) is -17.4. The minimum atomic E-state index is -2.39. The summed E-state index contributed by atoms with van der Waals surface area (Å²) in [6.07, 6.45) is -21.2. The number of aliphatic carboxylic acids is 1. The summed E-state index contributed by atoms with van der Waals surface area (Å²) >= 11 is 14.5. The fourth-order valence-electron chi connectivity index (χ4n) is 14.0. The van der Waals surface area contributed by atoms with E-state index in [9.17, 15) is 69.6 Å². The van der Waals surface area contributed by atoms with Crippen LogP contribution in [-0.4, -0.2) is 204 Å². The van der Waals surface area contributed by atoms with E-state index in [1.165, 1.54) is 52.9 Å². The molecule has 0 saturated carbocycles. The average molecular weight is 1590 g/mol. The number of benzene rings is 5. The molecule has 3 saturated heterocycles. The number of phenols is 3. The van der Waals surface area contributed by atoms with E-state index in [0.29, 0.717) is 0 Å². The summed E-state index contributed by atoms with van der Waals surface area (Å²) in [6.45, 7) is 8.14. The van der Waals surface area contributed by atoms with Crippen LogP contribution in [0.3, 0.4) is 0 Å². The van der Waals surface area contributed by atoms with Gasteiger partial charge in [-0.15, -0.1) is 0 Å². The predicted molar refractivity (Wildman–Crippen MR) is 384 cm³/mol. The van der Waals surface area contributed by atoms with Gasteiger partial charge in [-0.05, 0) is 124 Å². The number of rotatable bonds is 15. The van der Waals surface area contributed by atoms with E-state index < -0.39 is 267 Å². The highest BCUT2D eigenvalue weighted by Gasteiger charge is 2.52. The number of ether oxygens (including phenoxy) is 8. The number of carbonyl (C=O) groups excluding carboxylic acids is 9. The molecule has 36 nitrogen and oxygen atoms in total. The SMILES string of the molecule is CN[C@H](CC(C)C)C(=O)N[C@H]1C(=O)N[C@@H](CC(N)=O)C(=O)N[C@H]2C(=O)N[C@H]3C(=O)N[C@H](C(=O)N[C@H](C(=O)O)c4cc(O)cc(O)c4-c4cc3ccc4O)[C@H](O[C@H]3C[C@](C)(N)C(=O)[C@H](C)O3)c3ccc(c(Cl)c3)Oc3cc2cc(c3O[C@@H]2O[C@H](CO)[C@@H](O)[C@H](O)[C@H]2O[C@H]2C[C@](C)(N)C(=O)[C@H](C)O2)Oc2ccc(cc2Cl)[C@H]1O. The number of hydrogen-bond donors (Lipinski definition) is 18. The van der Waals surface area contributed by atoms with Gasteiger partial charge >= 0.3 is 5.97 Å². The molecule has 0 radical (unpaired) electrons. The number of nitrogens with one attached hydrogen (secondary N) is 7. The highest BCUT2D eigenvalue weighted by atomic mass is 35.5. The molecule has 7 amide bonds. The number of aromatic hydroxyl groups is 3. The molecule has 0 unspecified atom stereocenters. The maximum Gasteiger partial charge on any atom is 0.330 e. The molecule has 111 heavy (non-hydrogen) atoms. The molecule has 21 N–H and O–H groups in total. The number of hydrogen-bond acceptors (Lipinski definition) is 28. The molecule has 0 aliphatic carbocycles. The molecule has 13 rings (SSSR count). The largest absolute Gasteiger partial charge is 0.508 e. The van der Waals surface area contributed by atoms with Crippen LogP contribution in [0.15, 0.2) is 78.9 Å².